The number of hydrogen-bond donors (Lipinski definition) is 1. The molecule has 1 N–H and O–H groups in total. The monoisotopic (exact) mass is 380 g/mol. The van der Waals surface area contributed by atoms with E-state index in [-0.39, 0.29) is 30.4 Å². The number of rotatable bonds is 7. The van der Waals surface area contributed by atoms with Crippen LogP contribution in [0.3, 0.4) is 0 Å². The SMILES string of the molecule is CCOC(=N)CC(=O)OC1CCN(C(c2ccccc2)c2ccccc2)CC1. The molecule has 0 saturated carbocycles. The van der Waals surface area contributed by atoms with Crippen LogP contribution in [0.15, 0.2) is 60.7 Å². The molecule has 1 saturated heterocycles. The zero-order valence-electron chi connectivity index (χ0n) is 16.3. The summed E-state index contributed by atoms with van der Waals surface area (Å²) in [5, 5.41) is 7.58. The highest BCUT2D eigenvalue weighted by molar-refractivity contribution is 5.92. The first-order valence-electron chi connectivity index (χ1n) is 9.91. The van der Waals surface area contributed by atoms with E-state index in [4.69, 9.17) is 14.9 Å². The maximum Gasteiger partial charge on any atom is 0.315 e. The average Bonchev–Trinajstić information content (AvgIpc) is 2.71. The largest absolute Gasteiger partial charge is 0.481 e. The second kappa shape index (κ2) is 10.0. The molecule has 5 heteroatoms. The predicted molar refractivity (Wildman–Crippen MR) is 109 cm³/mol. The van der Waals surface area contributed by atoms with Gasteiger partial charge in [0.25, 0.3) is 0 Å². The van der Waals surface area contributed by atoms with E-state index in [2.05, 4.69) is 53.4 Å². The van der Waals surface area contributed by atoms with Crippen LogP contribution in [0.4, 0.5) is 0 Å². The molecule has 0 unspecified atom stereocenters. The molecule has 0 bridgehead atoms. The van der Waals surface area contributed by atoms with E-state index in [1.54, 1.807) is 6.92 Å². The molecule has 28 heavy (non-hydrogen) atoms. The van der Waals surface area contributed by atoms with Crippen molar-refractivity contribution in [3.8, 4) is 0 Å². The molecule has 0 atom stereocenters. The Labute approximate surface area is 166 Å². The van der Waals surface area contributed by atoms with Gasteiger partial charge in [0.15, 0.2) is 5.90 Å². The van der Waals surface area contributed by atoms with E-state index in [0.29, 0.717) is 6.61 Å². The summed E-state index contributed by atoms with van der Waals surface area (Å²) in [4.78, 5) is 14.5. The summed E-state index contributed by atoms with van der Waals surface area (Å²) >= 11 is 0. The number of likely N-dealkylation sites (tertiary alicyclic amines) is 1. The number of piperidine rings is 1. The molecular formula is C23H28N2O3. The van der Waals surface area contributed by atoms with Gasteiger partial charge >= 0.3 is 5.97 Å². The number of carbonyl (C=O) groups is 1. The minimum Gasteiger partial charge on any atom is -0.481 e. The number of benzene rings is 2. The third-order valence-electron chi connectivity index (χ3n) is 4.99. The Hall–Kier alpha value is -2.66. The highest BCUT2D eigenvalue weighted by atomic mass is 16.5. The molecule has 0 aliphatic carbocycles. The normalized spacial score (nSPS) is 15.4. The third-order valence-corrected chi connectivity index (χ3v) is 4.99. The molecule has 0 amide bonds. The van der Waals surface area contributed by atoms with Crippen LogP contribution < -0.4 is 0 Å². The van der Waals surface area contributed by atoms with E-state index >= 15 is 0 Å². The smallest absolute Gasteiger partial charge is 0.315 e. The molecule has 2 aromatic carbocycles. The summed E-state index contributed by atoms with van der Waals surface area (Å²) in [5.74, 6) is -0.405. The van der Waals surface area contributed by atoms with Crippen LogP contribution >= 0.6 is 0 Å². The van der Waals surface area contributed by atoms with Crippen molar-refractivity contribution in [1.82, 2.24) is 4.90 Å². The van der Waals surface area contributed by atoms with Crippen LogP contribution in [0.5, 0.6) is 0 Å². The van der Waals surface area contributed by atoms with Crippen molar-refractivity contribution in [2.75, 3.05) is 19.7 Å². The first-order valence-corrected chi connectivity index (χ1v) is 9.91. The van der Waals surface area contributed by atoms with Gasteiger partial charge in [0.05, 0.1) is 12.6 Å². The van der Waals surface area contributed by atoms with Crippen LogP contribution in [0.2, 0.25) is 0 Å². The fourth-order valence-corrected chi connectivity index (χ4v) is 3.72. The Balaban J connectivity index is 1.61. The Morgan fingerprint density at radius 2 is 1.57 bits per heavy atom. The molecule has 5 nitrogen and oxygen atoms in total. The maximum absolute atomic E-state index is 12.0. The molecule has 0 aromatic heterocycles. The molecule has 3 rings (SSSR count). The predicted octanol–water partition coefficient (Wildman–Crippen LogP) is 4.19. The number of nitrogens with one attached hydrogen (secondary N) is 1. The van der Waals surface area contributed by atoms with E-state index in [9.17, 15) is 4.79 Å². The lowest BCUT2D eigenvalue weighted by Gasteiger charge is -2.37. The highest BCUT2D eigenvalue weighted by Gasteiger charge is 2.29. The van der Waals surface area contributed by atoms with Crippen molar-refractivity contribution in [2.24, 2.45) is 0 Å². The van der Waals surface area contributed by atoms with E-state index < -0.39 is 0 Å². The fourth-order valence-electron chi connectivity index (χ4n) is 3.72. The van der Waals surface area contributed by atoms with E-state index in [1.807, 2.05) is 12.1 Å². The van der Waals surface area contributed by atoms with Crippen molar-refractivity contribution >= 4 is 11.9 Å². The zero-order valence-corrected chi connectivity index (χ0v) is 16.3. The van der Waals surface area contributed by atoms with Crippen LogP contribution in [-0.4, -0.2) is 42.6 Å². The van der Waals surface area contributed by atoms with Gasteiger partial charge in [0.2, 0.25) is 0 Å². The Morgan fingerprint density at radius 3 is 2.07 bits per heavy atom. The van der Waals surface area contributed by atoms with Crippen LogP contribution in [0, 0.1) is 5.41 Å². The minimum absolute atomic E-state index is 0.0295. The highest BCUT2D eigenvalue weighted by Crippen LogP contribution is 2.31. The first-order chi connectivity index (χ1) is 13.7. The lowest BCUT2D eigenvalue weighted by atomic mass is 9.94. The van der Waals surface area contributed by atoms with Crippen molar-refractivity contribution in [3.05, 3.63) is 71.8 Å². The second-order valence-corrected chi connectivity index (χ2v) is 6.98. The third kappa shape index (κ3) is 5.42. The number of hydrogen-bond acceptors (Lipinski definition) is 5. The summed E-state index contributed by atoms with van der Waals surface area (Å²) in [6.45, 7) is 3.90. The van der Waals surface area contributed by atoms with Gasteiger partial charge in [0.1, 0.15) is 12.5 Å². The Kier molecular flexibility index (Phi) is 7.20. The summed E-state index contributed by atoms with van der Waals surface area (Å²) in [7, 11) is 0. The topological polar surface area (TPSA) is 62.6 Å². The number of ether oxygens (including phenoxy) is 2. The van der Waals surface area contributed by atoms with Gasteiger partial charge < -0.3 is 9.47 Å². The Morgan fingerprint density at radius 1 is 1.04 bits per heavy atom. The van der Waals surface area contributed by atoms with Gasteiger partial charge in [-0.15, -0.1) is 0 Å². The van der Waals surface area contributed by atoms with Gasteiger partial charge in [-0.25, -0.2) is 0 Å². The molecule has 0 spiro atoms. The summed E-state index contributed by atoms with van der Waals surface area (Å²) in [5.41, 5.74) is 2.55. The van der Waals surface area contributed by atoms with Gasteiger partial charge in [-0.2, -0.15) is 0 Å². The lowest BCUT2D eigenvalue weighted by molar-refractivity contribution is -0.150. The first kappa shape index (κ1) is 20.1. The van der Waals surface area contributed by atoms with Crippen LogP contribution in [-0.2, 0) is 14.3 Å². The van der Waals surface area contributed by atoms with Crippen LogP contribution in [0.25, 0.3) is 0 Å². The van der Waals surface area contributed by atoms with Crippen molar-refractivity contribution in [2.45, 2.75) is 38.3 Å². The summed E-state index contributed by atoms with van der Waals surface area (Å²) < 4.78 is 10.6. The number of esters is 1. The van der Waals surface area contributed by atoms with Gasteiger partial charge in [0, 0.05) is 13.1 Å². The maximum atomic E-state index is 12.0. The minimum atomic E-state index is -0.375. The van der Waals surface area contributed by atoms with E-state index in [0.717, 1.165) is 25.9 Å². The van der Waals surface area contributed by atoms with Crippen molar-refractivity contribution in [3.63, 3.8) is 0 Å². The standard InChI is InChI=1S/C23H28N2O3/c1-2-27-21(24)17-22(26)28-20-13-15-25(16-14-20)23(18-9-5-3-6-10-18)19-11-7-4-8-12-19/h3-12,20,23-24H,2,13-17H2,1H3. The average molecular weight is 380 g/mol. The van der Waals surface area contributed by atoms with Gasteiger partial charge in [-0.1, -0.05) is 60.7 Å². The molecule has 2 aromatic rings. The van der Waals surface area contributed by atoms with Crippen molar-refractivity contribution < 1.29 is 14.3 Å². The molecule has 1 aliphatic heterocycles. The summed E-state index contributed by atoms with van der Waals surface area (Å²) in [6, 6.07) is 21.3. The second-order valence-electron chi connectivity index (χ2n) is 6.98. The quantitative estimate of drug-likeness (QED) is 0.444. The molecule has 0 radical (unpaired) electrons. The van der Waals surface area contributed by atoms with E-state index in [1.165, 1.54) is 11.1 Å². The molecule has 1 aliphatic rings. The van der Waals surface area contributed by atoms with Crippen LogP contribution in [0.1, 0.15) is 43.4 Å². The Bertz CT molecular complexity index is 716. The van der Waals surface area contributed by atoms with Crippen molar-refractivity contribution in [1.29, 1.82) is 5.41 Å². The number of nitrogens with zero attached hydrogens (tertiary/aromatic N) is 1. The van der Waals surface area contributed by atoms with Gasteiger partial charge in [-0.3, -0.25) is 15.1 Å². The fraction of sp³-hybridized carbons (Fsp3) is 0.391. The van der Waals surface area contributed by atoms with Gasteiger partial charge in [-0.05, 0) is 30.9 Å². The lowest BCUT2D eigenvalue weighted by Crippen LogP contribution is -2.40. The molecule has 1 heterocycles. The molecule has 1 fully saturated rings. The molecular weight excluding hydrogens is 352 g/mol. The summed E-state index contributed by atoms with van der Waals surface area (Å²) in [6.07, 6.45) is 1.41. The zero-order chi connectivity index (χ0) is 19.8. The molecule has 148 valence electrons. The number of carbonyl (C=O) groups excluding carboxylic acids is 1.